The van der Waals surface area contributed by atoms with E-state index in [0.29, 0.717) is 24.0 Å². The van der Waals surface area contributed by atoms with Crippen LogP contribution in [0.25, 0.3) is 0 Å². The Kier molecular flexibility index (Phi) is 3.78. The van der Waals surface area contributed by atoms with Gasteiger partial charge in [0.15, 0.2) is 0 Å². The van der Waals surface area contributed by atoms with Crippen molar-refractivity contribution >= 4 is 5.97 Å². The number of nitrogens with two attached hydrogens (primary N) is 1. The zero-order valence-corrected chi connectivity index (χ0v) is 11.9. The van der Waals surface area contributed by atoms with Crippen molar-refractivity contribution in [1.82, 2.24) is 9.97 Å². The summed E-state index contributed by atoms with van der Waals surface area (Å²) in [6, 6.07) is 0. The highest BCUT2D eigenvalue weighted by molar-refractivity contribution is 5.87. The third-order valence-electron chi connectivity index (χ3n) is 4.69. The van der Waals surface area contributed by atoms with Crippen LogP contribution in [0.5, 0.6) is 0 Å². The number of nitrogens with one attached hydrogen (secondary N) is 1. The van der Waals surface area contributed by atoms with Gasteiger partial charge in [-0.05, 0) is 38.0 Å². The van der Waals surface area contributed by atoms with E-state index >= 15 is 0 Å². The van der Waals surface area contributed by atoms with E-state index in [4.69, 9.17) is 10.5 Å². The maximum absolute atomic E-state index is 12.0. The van der Waals surface area contributed by atoms with E-state index in [1.165, 1.54) is 32.1 Å². The number of aromatic amines is 1. The van der Waals surface area contributed by atoms with Gasteiger partial charge in [0, 0.05) is 0 Å². The third-order valence-corrected chi connectivity index (χ3v) is 4.69. The van der Waals surface area contributed by atoms with E-state index in [-0.39, 0.29) is 11.5 Å². The van der Waals surface area contributed by atoms with Crippen LogP contribution in [-0.4, -0.2) is 22.5 Å². The molecule has 0 spiro atoms. The molecule has 0 saturated heterocycles. The first-order chi connectivity index (χ1) is 9.67. The molecule has 3 N–H and O–H groups in total. The van der Waals surface area contributed by atoms with E-state index in [2.05, 4.69) is 9.97 Å². The minimum Gasteiger partial charge on any atom is -0.461 e. The van der Waals surface area contributed by atoms with Gasteiger partial charge in [-0.3, -0.25) is 0 Å². The number of hydrogen-bond donors (Lipinski definition) is 2. The highest BCUT2D eigenvalue weighted by atomic mass is 16.5. The summed E-state index contributed by atoms with van der Waals surface area (Å²) in [5.41, 5.74) is 6.25. The van der Waals surface area contributed by atoms with Gasteiger partial charge in [0.2, 0.25) is 0 Å². The number of aromatic nitrogens is 2. The Morgan fingerprint density at radius 3 is 2.75 bits per heavy atom. The zero-order valence-electron chi connectivity index (χ0n) is 11.9. The molecule has 1 heterocycles. The minimum absolute atomic E-state index is 0.308. The molecule has 0 bridgehead atoms. The molecule has 2 aliphatic rings. The van der Waals surface area contributed by atoms with Crippen LogP contribution in [0.15, 0.2) is 6.20 Å². The molecule has 0 aromatic carbocycles. The van der Waals surface area contributed by atoms with E-state index < -0.39 is 0 Å². The highest BCUT2D eigenvalue weighted by Gasteiger charge is 2.37. The van der Waals surface area contributed by atoms with Crippen LogP contribution >= 0.6 is 0 Å². The largest absolute Gasteiger partial charge is 0.461 e. The lowest BCUT2D eigenvalue weighted by Gasteiger charge is -2.35. The van der Waals surface area contributed by atoms with Gasteiger partial charge in [0.05, 0.1) is 18.3 Å². The summed E-state index contributed by atoms with van der Waals surface area (Å²) in [5, 5.41) is 0. The average molecular weight is 277 g/mol. The number of ether oxygens (including phenoxy) is 1. The summed E-state index contributed by atoms with van der Waals surface area (Å²) in [4.78, 5) is 19.3. The quantitative estimate of drug-likeness (QED) is 0.828. The van der Waals surface area contributed by atoms with Crippen molar-refractivity contribution in [2.75, 3.05) is 6.61 Å². The number of imidazole rings is 1. The van der Waals surface area contributed by atoms with Crippen LogP contribution in [0.2, 0.25) is 0 Å². The Hall–Kier alpha value is -1.36. The predicted octanol–water partition coefficient (Wildman–Crippen LogP) is 2.48. The summed E-state index contributed by atoms with van der Waals surface area (Å²) >= 11 is 0. The Labute approximate surface area is 119 Å². The average Bonchev–Trinajstić information content (AvgIpc) is 2.93. The number of nitrogens with zero attached hydrogens (tertiary/aromatic N) is 1. The summed E-state index contributed by atoms with van der Waals surface area (Å²) < 4.78 is 5.39. The standard InChI is InChI=1S/C15H23N3O2/c16-15(7-4-8-15)14-17-9-12(18-14)13(19)20-10-11-5-2-1-3-6-11/h9,11H,1-8,10,16H2,(H,17,18). The zero-order chi connectivity index (χ0) is 14.0. The molecule has 0 amide bonds. The molecule has 0 aliphatic heterocycles. The lowest BCUT2D eigenvalue weighted by atomic mass is 9.77. The monoisotopic (exact) mass is 277 g/mol. The second-order valence-electron chi connectivity index (χ2n) is 6.26. The van der Waals surface area contributed by atoms with Gasteiger partial charge in [0.1, 0.15) is 11.5 Å². The van der Waals surface area contributed by atoms with Crippen LogP contribution in [0.4, 0.5) is 0 Å². The van der Waals surface area contributed by atoms with Crippen molar-refractivity contribution in [1.29, 1.82) is 0 Å². The van der Waals surface area contributed by atoms with E-state index in [9.17, 15) is 4.79 Å². The van der Waals surface area contributed by atoms with E-state index in [0.717, 1.165) is 19.3 Å². The number of hydrogen-bond acceptors (Lipinski definition) is 4. The van der Waals surface area contributed by atoms with Crippen LogP contribution in [0.3, 0.4) is 0 Å². The fraction of sp³-hybridized carbons (Fsp3) is 0.733. The van der Waals surface area contributed by atoms with Crippen molar-refractivity contribution in [3.05, 3.63) is 17.7 Å². The molecule has 2 fully saturated rings. The lowest BCUT2D eigenvalue weighted by Crippen LogP contribution is -2.44. The van der Waals surface area contributed by atoms with E-state index in [1.807, 2.05) is 0 Å². The molecule has 2 aliphatic carbocycles. The molecule has 1 aromatic rings. The van der Waals surface area contributed by atoms with Crippen LogP contribution in [0, 0.1) is 5.92 Å². The Morgan fingerprint density at radius 2 is 2.10 bits per heavy atom. The summed E-state index contributed by atoms with van der Waals surface area (Å²) in [6.45, 7) is 0.529. The van der Waals surface area contributed by atoms with Crippen molar-refractivity contribution in [3.8, 4) is 0 Å². The predicted molar refractivity (Wildman–Crippen MR) is 75.2 cm³/mol. The van der Waals surface area contributed by atoms with Gasteiger partial charge in [-0.1, -0.05) is 19.3 Å². The Balaban J connectivity index is 1.54. The number of rotatable bonds is 4. The summed E-state index contributed by atoms with van der Waals surface area (Å²) in [6.07, 6.45) is 10.7. The van der Waals surface area contributed by atoms with Crippen molar-refractivity contribution in [2.45, 2.75) is 56.9 Å². The second kappa shape index (κ2) is 5.56. The van der Waals surface area contributed by atoms with Gasteiger partial charge in [-0.25, -0.2) is 9.78 Å². The first-order valence-electron chi connectivity index (χ1n) is 7.69. The maximum atomic E-state index is 12.0. The maximum Gasteiger partial charge on any atom is 0.356 e. The molecule has 0 unspecified atom stereocenters. The van der Waals surface area contributed by atoms with Crippen molar-refractivity contribution < 1.29 is 9.53 Å². The Morgan fingerprint density at radius 1 is 1.35 bits per heavy atom. The number of carbonyl (C=O) groups is 1. The third kappa shape index (κ3) is 2.73. The van der Waals surface area contributed by atoms with Gasteiger partial charge >= 0.3 is 5.97 Å². The lowest BCUT2D eigenvalue weighted by molar-refractivity contribution is 0.0403. The Bertz CT molecular complexity index is 473. The molecule has 3 rings (SSSR count). The first-order valence-corrected chi connectivity index (χ1v) is 7.69. The van der Waals surface area contributed by atoms with Gasteiger partial charge in [0.25, 0.3) is 0 Å². The number of esters is 1. The molecule has 110 valence electrons. The topological polar surface area (TPSA) is 81.0 Å². The highest BCUT2D eigenvalue weighted by Crippen LogP contribution is 2.36. The first kappa shape index (κ1) is 13.6. The molecule has 5 nitrogen and oxygen atoms in total. The summed E-state index contributed by atoms with van der Waals surface area (Å²) in [5.74, 6) is 0.938. The molecule has 0 radical (unpaired) electrons. The fourth-order valence-corrected chi connectivity index (χ4v) is 3.10. The van der Waals surface area contributed by atoms with Crippen molar-refractivity contribution in [3.63, 3.8) is 0 Å². The SMILES string of the molecule is NC1(c2ncc(C(=O)OCC3CCCCC3)[nH]2)CCC1. The van der Waals surface area contributed by atoms with Crippen LogP contribution in [0.1, 0.15) is 67.7 Å². The minimum atomic E-state index is -0.359. The molecular formula is C15H23N3O2. The number of carbonyl (C=O) groups excluding carboxylic acids is 1. The molecule has 2 saturated carbocycles. The van der Waals surface area contributed by atoms with Gasteiger partial charge in [-0.15, -0.1) is 0 Å². The van der Waals surface area contributed by atoms with E-state index in [1.54, 1.807) is 6.20 Å². The van der Waals surface area contributed by atoms with Crippen molar-refractivity contribution in [2.24, 2.45) is 11.7 Å². The molecule has 1 aromatic heterocycles. The molecule has 5 heteroatoms. The molecular weight excluding hydrogens is 254 g/mol. The van der Waals surface area contributed by atoms with Crippen LogP contribution < -0.4 is 5.73 Å². The summed E-state index contributed by atoms with van der Waals surface area (Å²) in [7, 11) is 0. The normalized spacial score (nSPS) is 22.2. The van der Waals surface area contributed by atoms with Gasteiger partial charge in [-0.2, -0.15) is 0 Å². The van der Waals surface area contributed by atoms with Crippen LogP contribution in [-0.2, 0) is 10.3 Å². The van der Waals surface area contributed by atoms with Gasteiger partial charge < -0.3 is 15.5 Å². The molecule has 20 heavy (non-hydrogen) atoms. The smallest absolute Gasteiger partial charge is 0.356 e. The number of H-pyrrole nitrogens is 1. The fourth-order valence-electron chi connectivity index (χ4n) is 3.10. The second-order valence-corrected chi connectivity index (χ2v) is 6.26. The molecule has 0 atom stereocenters.